The van der Waals surface area contributed by atoms with Gasteiger partial charge in [-0.2, -0.15) is 0 Å². The SMILES string of the molecule is CCN(CC)CC1CCN(C(=O)C2(COC)CCNCC2)C1.Cl.Cl. The van der Waals surface area contributed by atoms with Crippen LogP contribution in [0.2, 0.25) is 0 Å². The molecule has 2 rings (SSSR count). The third-order valence-corrected chi connectivity index (χ3v) is 5.42. The summed E-state index contributed by atoms with van der Waals surface area (Å²) in [7, 11) is 1.71. The van der Waals surface area contributed by atoms with Crippen molar-refractivity contribution in [3.05, 3.63) is 0 Å². The summed E-state index contributed by atoms with van der Waals surface area (Å²) < 4.78 is 5.41. The van der Waals surface area contributed by atoms with Crippen molar-refractivity contribution in [3.8, 4) is 0 Å². The summed E-state index contributed by atoms with van der Waals surface area (Å²) in [4.78, 5) is 17.7. The standard InChI is InChI=1S/C17H33N3O2.2ClH/c1-4-19(5-2)12-15-6-11-20(13-15)16(21)17(14-22-3)7-9-18-10-8-17;;/h15,18H,4-14H2,1-3H3;2*1H. The lowest BCUT2D eigenvalue weighted by Gasteiger charge is -2.38. The number of methoxy groups -OCH3 is 1. The average molecular weight is 384 g/mol. The Bertz CT molecular complexity index is 356. The lowest BCUT2D eigenvalue weighted by molar-refractivity contribution is -0.146. The molecule has 2 fully saturated rings. The van der Waals surface area contributed by atoms with Gasteiger partial charge in [-0.1, -0.05) is 13.8 Å². The number of amides is 1. The van der Waals surface area contributed by atoms with Crippen LogP contribution in [0, 0.1) is 11.3 Å². The van der Waals surface area contributed by atoms with Crippen LogP contribution in [-0.4, -0.2) is 75.2 Å². The zero-order chi connectivity index (χ0) is 16.0. The first-order valence-electron chi connectivity index (χ1n) is 8.86. The van der Waals surface area contributed by atoms with Crippen LogP contribution in [0.4, 0.5) is 0 Å². The Morgan fingerprint density at radius 1 is 1.25 bits per heavy atom. The Labute approximate surface area is 159 Å². The molecule has 0 saturated carbocycles. The lowest BCUT2D eigenvalue weighted by Crippen LogP contribution is -2.51. The van der Waals surface area contributed by atoms with E-state index >= 15 is 0 Å². The first-order chi connectivity index (χ1) is 10.6. The van der Waals surface area contributed by atoms with Gasteiger partial charge >= 0.3 is 0 Å². The van der Waals surface area contributed by atoms with Gasteiger partial charge in [-0.3, -0.25) is 4.79 Å². The molecule has 0 radical (unpaired) electrons. The van der Waals surface area contributed by atoms with Gasteiger partial charge in [0.05, 0.1) is 12.0 Å². The molecule has 5 nitrogen and oxygen atoms in total. The highest BCUT2D eigenvalue weighted by molar-refractivity contribution is 5.85. The van der Waals surface area contributed by atoms with Gasteiger partial charge in [0.2, 0.25) is 5.91 Å². The molecule has 1 atom stereocenters. The molecule has 7 heteroatoms. The average Bonchev–Trinajstić information content (AvgIpc) is 3.01. The minimum atomic E-state index is -0.288. The summed E-state index contributed by atoms with van der Waals surface area (Å²) >= 11 is 0. The molecule has 2 heterocycles. The van der Waals surface area contributed by atoms with Crippen molar-refractivity contribution in [2.24, 2.45) is 11.3 Å². The van der Waals surface area contributed by atoms with E-state index in [1.54, 1.807) is 7.11 Å². The molecule has 0 spiro atoms. The van der Waals surface area contributed by atoms with Crippen LogP contribution < -0.4 is 5.32 Å². The highest BCUT2D eigenvalue weighted by atomic mass is 35.5. The predicted octanol–water partition coefficient (Wildman–Crippen LogP) is 2.04. The van der Waals surface area contributed by atoms with Crippen molar-refractivity contribution >= 4 is 30.7 Å². The Morgan fingerprint density at radius 2 is 1.88 bits per heavy atom. The number of carbonyl (C=O) groups is 1. The van der Waals surface area contributed by atoms with Crippen LogP contribution in [-0.2, 0) is 9.53 Å². The normalized spacial score (nSPS) is 22.8. The Balaban J connectivity index is 0.00000264. The van der Waals surface area contributed by atoms with Gasteiger partial charge in [0.25, 0.3) is 0 Å². The molecule has 0 aromatic rings. The first kappa shape index (κ1) is 23.9. The largest absolute Gasteiger partial charge is 0.384 e. The summed E-state index contributed by atoms with van der Waals surface area (Å²) in [5.41, 5.74) is -0.288. The summed E-state index contributed by atoms with van der Waals surface area (Å²) in [6.07, 6.45) is 2.94. The molecule has 24 heavy (non-hydrogen) atoms. The maximum absolute atomic E-state index is 13.1. The van der Waals surface area contributed by atoms with Gasteiger partial charge in [0.15, 0.2) is 0 Å². The fourth-order valence-corrected chi connectivity index (χ4v) is 3.95. The fourth-order valence-electron chi connectivity index (χ4n) is 3.95. The number of nitrogens with one attached hydrogen (secondary N) is 1. The zero-order valence-electron chi connectivity index (χ0n) is 15.4. The van der Waals surface area contributed by atoms with Crippen LogP contribution in [0.3, 0.4) is 0 Å². The third kappa shape index (κ3) is 5.73. The van der Waals surface area contributed by atoms with Crippen molar-refractivity contribution in [2.45, 2.75) is 33.1 Å². The number of nitrogens with zero attached hydrogens (tertiary/aromatic N) is 2. The number of halogens is 2. The number of hydrogen-bond acceptors (Lipinski definition) is 4. The second-order valence-electron chi connectivity index (χ2n) is 6.86. The summed E-state index contributed by atoms with van der Waals surface area (Å²) in [5.74, 6) is 0.961. The molecule has 1 unspecified atom stereocenters. The lowest BCUT2D eigenvalue weighted by atomic mass is 9.78. The van der Waals surface area contributed by atoms with Gasteiger partial charge < -0.3 is 19.9 Å². The molecule has 1 amide bonds. The maximum Gasteiger partial charge on any atom is 0.231 e. The van der Waals surface area contributed by atoms with E-state index in [0.29, 0.717) is 18.4 Å². The van der Waals surface area contributed by atoms with Crippen molar-refractivity contribution < 1.29 is 9.53 Å². The molecule has 2 aliphatic heterocycles. The minimum Gasteiger partial charge on any atom is -0.384 e. The number of rotatable bonds is 7. The topological polar surface area (TPSA) is 44.8 Å². The van der Waals surface area contributed by atoms with Crippen molar-refractivity contribution in [3.63, 3.8) is 0 Å². The van der Waals surface area contributed by atoms with Gasteiger partial charge in [0.1, 0.15) is 0 Å². The smallest absolute Gasteiger partial charge is 0.231 e. The van der Waals surface area contributed by atoms with Crippen LogP contribution in [0.1, 0.15) is 33.1 Å². The van der Waals surface area contributed by atoms with E-state index in [-0.39, 0.29) is 30.2 Å². The second-order valence-corrected chi connectivity index (χ2v) is 6.86. The number of carbonyl (C=O) groups excluding carboxylic acids is 1. The number of piperidine rings is 1. The summed E-state index contributed by atoms with van der Waals surface area (Å²) in [6.45, 7) is 12.0. The third-order valence-electron chi connectivity index (χ3n) is 5.42. The van der Waals surface area contributed by atoms with E-state index in [1.807, 2.05) is 0 Å². The summed E-state index contributed by atoms with van der Waals surface area (Å²) in [5, 5.41) is 3.36. The second kappa shape index (κ2) is 11.5. The van der Waals surface area contributed by atoms with Crippen LogP contribution in [0.25, 0.3) is 0 Å². The van der Waals surface area contributed by atoms with Gasteiger partial charge in [0, 0.05) is 26.7 Å². The molecule has 0 aromatic heterocycles. The molecule has 1 N–H and O–H groups in total. The van der Waals surface area contributed by atoms with Crippen molar-refractivity contribution in [1.82, 2.24) is 15.1 Å². The van der Waals surface area contributed by atoms with E-state index in [1.165, 1.54) is 0 Å². The van der Waals surface area contributed by atoms with Crippen molar-refractivity contribution in [1.29, 1.82) is 0 Å². The molecular weight excluding hydrogens is 349 g/mol. The zero-order valence-corrected chi connectivity index (χ0v) is 17.0. The molecule has 0 bridgehead atoms. The number of ether oxygens (including phenoxy) is 1. The van der Waals surface area contributed by atoms with Gasteiger partial charge in [-0.15, -0.1) is 24.8 Å². The highest BCUT2D eigenvalue weighted by Crippen LogP contribution is 2.33. The predicted molar refractivity (Wildman–Crippen MR) is 103 cm³/mol. The van der Waals surface area contributed by atoms with Gasteiger partial charge in [-0.25, -0.2) is 0 Å². The van der Waals surface area contributed by atoms with E-state index in [2.05, 4.69) is 29.0 Å². The number of likely N-dealkylation sites (tertiary alicyclic amines) is 1. The Morgan fingerprint density at radius 3 is 2.42 bits per heavy atom. The van der Waals surface area contributed by atoms with E-state index in [0.717, 1.165) is 65.1 Å². The number of hydrogen-bond donors (Lipinski definition) is 1. The maximum atomic E-state index is 13.1. The van der Waals surface area contributed by atoms with Crippen LogP contribution in [0.5, 0.6) is 0 Å². The monoisotopic (exact) mass is 383 g/mol. The molecule has 0 aliphatic carbocycles. The van der Waals surface area contributed by atoms with Crippen LogP contribution >= 0.6 is 24.8 Å². The van der Waals surface area contributed by atoms with Crippen LogP contribution in [0.15, 0.2) is 0 Å². The molecule has 2 saturated heterocycles. The quantitative estimate of drug-likeness (QED) is 0.730. The molecular formula is C17H35Cl2N3O2. The Hall–Kier alpha value is -0.0700. The van der Waals surface area contributed by atoms with E-state index in [9.17, 15) is 4.79 Å². The minimum absolute atomic E-state index is 0. The molecule has 144 valence electrons. The van der Waals surface area contributed by atoms with E-state index in [4.69, 9.17) is 4.74 Å². The molecule has 2 aliphatic rings. The van der Waals surface area contributed by atoms with Gasteiger partial charge in [-0.05, 0) is 51.4 Å². The highest BCUT2D eigenvalue weighted by Gasteiger charge is 2.43. The summed E-state index contributed by atoms with van der Waals surface area (Å²) in [6, 6.07) is 0. The Kier molecular flexibility index (Phi) is 11.5. The molecule has 0 aromatic carbocycles. The van der Waals surface area contributed by atoms with Crippen molar-refractivity contribution in [2.75, 3.05) is 59.5 Å². The van der Waals surface area contributed by atoms with E-state index < -0.39 is 0 Å². The first-order valence-corrected chi connectivity index (χ1v) is 8.86. The fraction of sp³-hybridized carbons (Fsp3) is 0.941.